The van der Waals surface area contributed by atoms with Crippen LogP contribution in [0.4, 0.5) is 0 Å². The zero-order valence-electron chi connectivity index (χ0n) is 16.5. The number of hydrogen-bond acceptors (Lipinski definition) is 4. The van der Waals surface area contributed by atoms with Gasteiger partial charge in [0.25, 0.3) is 0 Å². The quantitative estimate of drug-likeness (QED) is 0.250. The number of nitrogens with one attached hydrogen (secondary N) is 2. The summed E-state index contributed by atoms with van der Waals surface area (Å²) in [6.45, 7) is 4.09. The third-order valence-corrected chi connectivity index (χ3v) is 6.89. The molecular weight excluding hydrogens is 489 g/mol. The molecular formula is C20H32IN3O3S. The molecule has 0 radical (unpaired) electrons. The number of guanidine groups is 1. The minimum absolute atomic E-state index is 0. The molecule has 1 aromatic carbocycles. The van der Waals surface area contributed by atoms with Crippen molar-refractivity contribution < 1.29 is 13.2 Å². The number of sulfone groups is 1. The monoisotopic (exact) mass is 521 g/mol. The van der Waals surface area contributed by atoms with E-state index in [9.17, 15) is 8.42 Å². The number of nitrogens with zero attached hydrogens (tertiary/aromatic N) is 1. The Morgan fingerprint density at radius 2 is 2.11 bits per heavy atom. The van der Waals surface area contributed by atoms with Crippen LogP contribution in [0.15, 0.2) is 29.3 Å². The largest absolute Gasteiger partial charge is 0.373 e. The topological polar surface area (TPSA) is 79.8 Å². The van der Waals surface area contributed by atoms with Gasteiger partial charge in [0.15, 0.2) is 15.8 Å². The fraction of sp³-hybridized carbons (Fsp3) is 0.650. The van der Waals surface area contributed by atoms with Gasteiger partial charge in [-0.3, -0.25) is 4.99 Å². The van der Waals surface area contributed by atoms with Crippen molar-refractivity contribution in [3.05, 3.63) is 35.4 Å². The highest BCUT2D eigenvalue weighted by Gasteiger charge is 2.28. The van der Waals surface area contributed by atoms with Crippen molar-refractivity contribution in [1.82, 2.24) is 10.6 Å². The van der Waals surface area contributed by atoms with E-state index >= 15 is 0 Å². The van der Waals surface area contributed by atoms with Crippen molar-refractivity contribution in [2.75, 3.05) is 31.2 Å². The molecule has 6 nitrogen and oxygen atoms in total. The molecule has 1 aliphatic heterocycles. The van der Waals surface area contributed by atoms with Crippen molar-refractivity contribution in [1.29, 1.82) is 0 Å². The molecule has 3 rings (SSSR count). The van der Waals surface area contributed by atoms with E-state index in [-0.39, 0.29) is 47.6 Å². The molecule has 0 spiro atoms. The van der Waals surface area contributed by atoms with E-state index in [2.05, 4.69) is 39.9 Å². The second-order valence-corrected chi connectivity index (χ2v) is 9.54. The van der Waals surface area contributed by atoms with Crippen molar-refractivity contribution in [3.63, 3.8) is 0 Å². The number of ether oxygens (including phenoxy) is 1. The maximum absolute atomic E-state index is 11.6. The van der Waals surface area contributed by atoms with Crippen molar-refractivity contribution in [2.45, 2.75) is 51.2 Å². The van der Waals surface area contributed by atoms with Gasteiger partial charge in [-0.25, -0.2) is 8.42 Å². The predicted octanol–water partition coefficient (Wildman–Crippen LogP) is 2.83. The highest BCUT2D eigenvalue weighted by atomic mass is 127. The van der Waals surface area contributed by atoms with E-state index in [1.807, 2.05) is 6.92 Å². The van der Waals surface area contributed by atoms with Crippen molar-refractivity contribution >= 4 is 39.8 Å². The molecule has 2 atom stereocenters. The highest BCUT2D eigenvalue weighted by Crippen LogP contribution is 2.32. The zero-order chi connectivity index (χ0) is 19.1. The van der Waals surface area contributed by atoms with Gasteiger partial charge in [-0.2, -0.15) is 0 Å². The Kier molecular flexibility index (Phi) is 9.49. The standard InChI is InChI=1S/C20H31N3O3S.HI/c1-2-21-20(23-17-11-14-27(24,25)15-17)22-12-6-13-26-19-10-5-8-16-7-3-4-9-18(16)19;/h3-4,7,9,17,19H,2,5-6,8,10-15H2,1H3,(H2,21,22,23);1H. The summed E-state index contributed by atoms with van der Waals surface area (Å²) in [4.78, 5) is 4.57. The molecule has 2 unspecified atom stereocenters. The molecule has 1 heterocycles. The van der Waals surface area contributed by atoms with Crippen LogP contribution < -0.4 is 10.6 Å². The van der Waals surface area contributed by atoms with Crippen LogP contribution in [0.2, 0.25) is 0 Å². The normalized spacial score (nSPS) is 23.5. The van der Waals surface area contributed by atoms with Gasteiger partial charge in [0.2, 0.25) is 0 Å². The lowest BCUT2D eigenvalue weighted by Gasteiger charge is -2.25. The Bertz CT molecular complexity index is 755. The third kappa shape index (κ3) is 6.88. The number of hydrogen-bond donors (Lipinski definition) is 2. The van der Waals surface area contributed by atoms with Crippen LogP contribution in [-0.4, -0.2) is 51.6 Å². The Labute approximate surface area is 185 Å². The maximum atomic E-state index is 11.6. The van der Waals surface area contributed by atoms with E-state index in [0.717, 1.165) is 25.8 Å². The molecule has 8 heteroatoms. The number of rotatable bonds is 7. The molecule has 2 aliphatic rings. The first-order valence-corrected chi connectivity index (χ1v) is 11.8. The lowest BCUT2D eigenvalue weighted by Crippen LogP contribution is -2.44. The van der Waals surface area contributed by atoms with Crippen LogP contribution >= 0.6 is 24.0 Å². The highest BCUT2D eigenvalue weighted by molar-refractivity contribution is 14.0. The summed E-state index contributed by atoms with van der Waals surface area (Å²) in [6, 6.07) is 8.53. The summed E-state index contributed by atoms with van der Waals surface area (Å²) in [6.07, 6.45) is 5.11. The van der Waals surface area contributed by atoms with E-state index in [0.29, 0.717) is 25.5 Å². The molecule has 158 valence electrons. The number of benzene rings is 1. The summed E-state index contributed by atoms with van der Waals surface area (Å²) in [5.41, 5.74) is 2.75. The number of halogens is 1. The maximum Gasteiger partial charge on any atom is 0.191 e. The Hall–Kier alpha value is -0.870. The average Bonchev–Trinajstić information content (AvgIpc) is 3.00. The molecule has 0 saturated carbocycles. The van der Waals surface area contributed by atoms with Crippen LogP contribution in [-0.2, 0) is 21.0 Å². The molecule has 1 saturated heterocycles. The summed E-state index contributed by atoms with van der Waals surface area (Å²) in [7, 11) is -2.89. The van der Waals surface area contributed by atoms with Gasteiger partial charge in [-0.1, -0.05) is 24.3 Å². The molecule has 0 aromatic heterocycles. The van der Waals surface area contributed by atoms with Gasteiger partial charge in [0.05, 0.1) is 17.6 Å². The van der Waals surface area contributed by atoms with E-state index in [4.69, 9.17) is 4.74 Å². The molecule has 0 amide bonds. The second-order valence-electron chi connectivity index (χ2n) is 7.31. The van der Waals surface area contributed by atoms with Crippen LogP contribution in [0.3, 0.4) is 0 Å². The Morgan fingerprint density at radius 3 is 2.86 bits per heavy atom. The molecule has 1 aliphatic carbocycles. The number of fused-ring (bicyclic) bond motifs is 1. The van der Waals surface area contributed by atoms with Gasteiger partial charge in [0.1, 0.15) is 0 Å². The molecule has 1 aromatic rings. The zero-order valence-corrected chi connectivity index (χ0v) is 19.7. The molecule has 1 fully saturated rings. The first kappa shape index (κ1) is 23.4. The lowest BCUT2D eigenvalue weighted by atomic mass is 9.89. The van der Waals surface area contributed by atoms with E-state index < -0.39 is 9.84 Å². The summed E-state index contributed by atoms with van der Waals surface area (Å²) < 4.78 is 29.3. The fourth-order valence-corrected chi connectivity index (χ4v) is 5.46. The van der Waals surface area contributed by atoms with Crippen molar-refractivity contribution in [2.24, 2.45) is 4.99 Å². The SMILES string of the molecule is CCNC(=NCCCOC1CCCc2ccccc21)NC1CCS(=O)(=O)C1.I. The van der Waals surface area contributed by atoms with Gasteiger partial charge in [-0.05, 0) is 50.2 Å². The van der Waals surface area contributed by atoms with Gasteiger partial charge in [-0.15, -0.1) is 24.0 Å². The van der Waals surface area contributed by atoms with Gasteiger partial charge >= 0.3 is 0 Å². The predicted molar refractivity (Wildman–Crippen MR) is 124 cm³/mol. The minimum atomic E-state index is -2.89. The van der Waals surface area contributed by atoms with Crippen LogP contribution in [0, 0.1) is 0 Å². The lowest BCUT2D eigenvalue weighted by molar-refractivity contribution is 0.0403. The van der Waals surface area contributed by atoms with Crippen LogP contribution in [0.5, 0.6) is 0 Å². The first-order chi connectivity index (χ1) is 13.1. The molecule has 0 bridgehead atoms. The Balaban J connectivity index is 0.00000280. The molecule has 2 N–H and O–H groups in total. The fourth-order valence-electron chi connectivity index (χ4n) is 3.79. The third-order valence-electron chi connectivity index (χ3n) is 5.12. The first-order valence-electron chi connectivity index (χ1n) is 10.0. The van der Waals surface area contributed by atoms with Crippen LogP contribution in [0.1, 0.15) is 49.8 Å². The smallest absolute Gasteiger partial charge is 0.191 e. The van der Waals surface area contributed by atoms with Gasteiger partial charge in [0, 0.05) is 25.7 Å². The summed E-state index contributed by atoms with van der Waals surface area (Å²) in [5.74, 6) is 1.16. The van der Waals surface area contributed by atoms with Gasteiger partial charge < -0.3 is 15.4 Å². The Morgan fingerprint density at radius 1 is 1.29 bits per heavy atom. The van der Waals surface area contributed by atoms with Crippen molar-refractivity contribution in [3.8, 4) is 0 Å². The summed E-state index contributed by atoms with van der Waals surface area (Å²) >= 11 is 0. The number of aryl methyl sites for hydroxylation is 1. The van der Waals surface area contributed by atoms with E-state index in [1.165, 1.54) is 17.5 Å². The van der Waals surface area contributed by atoms with E-state index in [1.54, 1.807) is 0 Å². The summed E-state index contributed by atoms with van der Waals surface area (Å²) in [5, 5.41) is 6.44. The van der Waals surface area contributed by atoms with Crippen LogP contribution in [0.25, 0.3) is 0 Å². The average molecular weight is 521 g/mol. The minimum Gasteiger partial charge on any atom is -0.373 e. The second kappa shape index (κ2) is 11.3. The number of aliphatic imine (C=N–C) groups is 1. The molecule has 28 heavy (non-hydrogen) atoms.